The highest BCUT2D eigenvalue weighted by Crippen LogP contribution is 2.38. The van der Waals surface area contributed by atoms with Gasteiger partial charge in [0.15, 0.2) is 0 Å². The molecule has 1 saturated carbocycles. The van der Waals surface area contributed by atoms with Gasteiger partial charge in [0.2, 0.25) is 0 Å². The Morgan fingerprint density at radius 3 is 2.33 bits per heavy atom. The topological polar surface area (TPSA) is 0 Å². The lowest BCUT2D eigenvalue weighted by molar-refractivity contribution is 0.801. The zero-order chi connectivity index (χ0) is 4.57. The summed E-state index contributed by atoms with van der Waals surface area (Å²) in [4.78, 5) is 0. The second kappa shape index (κ2) is 1.42. The van der Waals surface area contributed by atoms with Gasteiger partial charge < -0.3 is 0 Å². The molecule has 0 nitrogen and oxygen atoms in total. The summed E-state index contributed by atoms with van der Waals surface area (Å²) in [6, 6.07) is 0. The Balaban J connectivity index is 2.09. The van der Waals surface area contributed by atoms with Crippen molar-refractivity contribution in [2.45, 2.75) is 25.1 Å². The first kappa shape index (κ1) is 4.45. The molecular weight excluding hydrogens is 95.5 g/mol. The first-order valence-electron chi connectivity index (χ1n) is 2.48. The maximum Gasteiger partial charge on any atom is 0.0367 e. The van der Waals surface area contributed by atoms with Crippen molar-refractivity contribution in [2.75, 3.05) is 0 Å². The third-order valence-corrected chi connectivity index (χ3v) is 1.90. The fraction of sp³-hybridized carbons (Fsp3) is 1.00. The Morgan fingerprint density at radius 2 is 2.33 bits per heavy atom. The predicted octanol–water partition coefficient (Wildman–Crippen LogP) is 2.02. The highest BCUT2D eigenvalue weighted by Gasteiger charge is 2.32. The molecule has 0 heterocycles. The van der Waals surface area contributed by atoms with Gasteiger partial charge in [-0.1, -0.05) is 13.3 Å². The maximum atomic E-state index is 5.65. The van der Waals surface area contributed by atoms with Crippen molar-refractivity contribution < 1.29 is 0 Å². The summed E-state index contributed by atoms with van der Waals surface area (Å²) in [6.07, 6.45) is 2.53. The normalized spacial score (nSPS) is 43.0. The van der Waals surface area contributed by atoms with Crippen molar-refractivity contribution in [1.82, 2.24) is 0 Å². The lowest BCUT2D eigenvalue weighted by Crippen LogP contribution is -1.70. The summed E-state index contributed by atoms with van der Waals surface area (Å²) in [6.45, 7) is 2.19. The Kier molecular flexibility index (Phi) is 1.05. The minimum absolute atomic E-state index is 0.537. The zero-order valence-corrected chi connectivity index (χ0v) is 4.70. The van der Waals surface area contributed by atoms with Gasteiger partial charge in [0, 0.05) is 5.38 Å². The van der Waals surface area contributed by atoms with Crippen LogP contribution in [0.3, 0.4) is 0 Å². The monoisotopic (exact) mass is 104 g/mol. The molecule has 0 aromatic rings. The van der Waals surface area contributed by atoms with Gasteiger partial charge in [-0.2, -0.15) is 0 Å². The van der Waals surface area contributed by atoms with Crippen molar-refractivity contribution in [2.24, 2.45) is 5.92 Å². The van der Waals surface area contributed by atoms with Gasteiger partial charge in [0.25, 0.3) is 0 Å². The molecule has 1 rings (SSSR count). The smallest absolute Gasteiger partial charge is 0.0367 e. The Morgan fingerprint density at radius 1 is 1.83 bits per heavy atom. The third-order valence-electron chi connectivity index (χ3n) is 1.36. The van der Waals surface area contributed by atoms with Crippen LogP contribution in [-0.2, 0) is 0 Å². The lowest BCUT2D eigenvalue weighted by atomic mass is 10.3. The zero-order valence-electron chi connectivity index (χ0n) is 3.95. The van der Waals surface area contributed by atoms with Crippen LogP contribution in [0.4, 0.5) is 0 Å². The summed E-state index contributed by atoms with van der Waals surface area (Å²) in [5.74, 6) is 0.867. The van der Waals surface area contributed by atoms with E-state index in [1.54, 1.807) is 0 Å². The summed E-state index contributed by atoms with van der Waals surface area (Å²) in [5.41, 5.74) is 0. The third kappa shape index (κ3) is 0.676. The van der Waals surface area contributed by atoms with Gasteiger partial charge in [0.05, 0.1) is 0 Å². The van der Waals surface area contributed by atoms with Crippen LogP contribution in [0.1, 0.15) is 19.8 Å². The van der Waals surface area contributed by atoms with E-state index in [4.69, 9.17) is 11.6 Å². The van der Waals surface area contributed by atoms with Crippen LogP contribution in [0.15, 0.2) is 0 Å². The van der Waals surface area contributed by atoms with E-state index >= 15 is 0 Å². The van der Waals surface area contributed by atoms with Gasteiger partial charge in [-0.25, -0.2) is 0 Å². The van der Waals surface area contributed by atoms with E-state index < -0.39 is 0 Å². The minimum atomic E-state index is 0.537. The highest BCUT2D eigenvalue weighted by atomic mass is 35.5. The molecule has 0 aromatic heterocycles. The largest absolute Gasteiger partial charge is 0.123 e. The van der Waals surface area contributed by atoms with Crippen molar-refractivity contribution >= 4 is 11.6 Å². The van der Waals surface area contributed by atoms with Gasteiger partial charge in [-0.05, 0) is 12.3 Å². The van der Waals surface area contributed by atoms with Crippen LogP contribution in [-0.4, -0.2) is 5.38 Å². The average Bonchev–Trinajstić information content (AvgIpc) is 2.19. The first-order chi connectivity index (χ1) is 2.84. The summed E-state index contributed by atoms with van der Waals surface area (Å²) in [7, 11) is 0. The Labute approximate surface area is 43.5 Å². The Bertz CT molecular complexity index is 49.9. The number of alkyl halides is 1. The summed E-state index contributed by atoms with van der Waals surface area (Å²) < 4.78 is 0. The quantitative estimate of drug-likeness (QED) is 0.447. The van der Waals surface area contributed by atoms with Crippen molar-refractivity contribution in [3.05, 3.63) is 0 Å². The molecule has 0 radical (unpaired) electrons. The van der Waals surface area contributed by atoms with Crippen LogP contribution in [0.5, 0.6) is 0 Å². The molecule has 2 atom stereocenters. The molecule has 0 saturated heterocycles. The van der Waals surface area contributed by atoms with E-state index in [0.717, 1.165) is 5.92 Å². The molecule has 6 heavy (non-hydrogen) atoms. The van der Waals surface area contributed by atoms with Crippen molar-refractivity contribution in [3.8, 4) is 0 Å². The van der Waals surface area contributed by atoms with Crippen molar-refractivity contribution in [3.63, 3.8) is 0 Å². The second-order valence-corrected chi connectivity index (χ2v) is 2.48. The van der Waals surface area contributed by atoms with Gasteiger partial charge in [-0.15, -0.1) is 11.6 Å². The fourth-order valence-electron chi connectivity index (χ4n) is 0.633. The first-order valence-corrected chi connectivity index (χ1v) is 2.92. The molecule has 0 amide bonds. The predicted molar refractivity (Wildman–Crippen MR) is 28.0 cm³/mol. The van der Waals surface area contributed by atoms with E-state index in [9.17, 15) is 0 Å². The van der Waals surface area contributed by atoms with Gasteiger partial charge in [0.1, 0.15) is 0 Å². The second-order valence-electron chi connectivity index (χ2n) is 1.92. The van der Waals surface area contributed by atoms with Crippen LogP contribution < -0.4 is 0 Å². The van der Waals surface area contributed by atoms with Crippen LogP contribution in [0.2, 0.25) is 0 Å². The van der Waals surface area contributed by atoms with E-state index in [-0.39, 0.29) is 0 Å². The molecule has 0 spiro atoms. The molecule has 0 bridgehead atoms. The molecule has 1 heteroatoms. The minimum Gasteiger partial charge on any atom is -0.123 e. The van der Waals surface area contributed by atoms with Gasteiger partial charge in [-0.3, -0.25) is 0 Å². The molecule has 0 aliphatic heterocycles. The van der Waals surface area contributed by atoms with E-state index in [2.05, 4.69) is 6.92 Å². The molecule has 1 fully saturated rings. The maximum absolute atomic E-state index is 5.65. The molecule has 1 aliphatic rings. The van der Waals surface area contributed by atoms with Gasteiger partial charge >= 0.3 is 0 Å². The number of hydrogen-bond acceptors (Lipinski definition) is 0. The van der Waals surface area contributed by atoms with Crippen LogP contribution in [0.25, 0.3) is 0 Å². The molecule has 2 unspecified atom stereocenters. The summed E-state index contributed by atoms with van der Waals surface area (Å²) in [5, 5.41) is 0.537. The van der Waals surface area contributed by atoms with Crippen molar-refractivity contribution in [1.29, 1.82) is 0 Å². The summed E-state index contributed by atoms with van der Waals surface area (Å²) >= 11 is 5.65. The van der Waals surface area contributed by atoms with E-state index in [1.165, 1.54) is 12.8 Å². The molecule has 0 N–H and O–H groups in total. The standard InChI is InChI=1S/C5H9Cl/c1-2-4-3-5(4)6/h4-5H,2-3H2,1H3. The lowest BCUT2D eigenvalue weighted by Gasteiger charge is -1.77. The molecule has 36 valence electrons. The fourth-order valence-corrected chi connectivity index (χ4v) is 1.04. The number of halogens is 1. The van der Waals surface area contributed by atoms with E-state index in [0.29, 0.717) is 5.38 Å². The number of hydrogen-bond donors (Lipinski definition) is 0. The molecule has 0 aromatic carbocycles. The van der Waals surface area contributed by atoms with Crippen LogP contribution in [0, 0.1) is 5.92 Å². The average molecular weight is 105 g/mol. The SMILES string of the molecule is CCC1CC1Cl. The highest BCUT2D eigenvalue weighted by molar-refractivity contribution is 6.22. The van der Waals surface area contributed by atoms with E-state index in [1.807, 2.05) is 0 Å². The number of rotatable bonds is 1. The Hall–Kier alpha value is 0.290. The molecule has 1 aliphatic carbocycles. The molecular formula is C5H9Cl. The van der Waals surface area contributed by atoms with Crippen LogP contribution >= 0.6 is 11.6 Å².